The summed E-state index contributed by atoms with van der Waals surface area (Å²) in [7, 11) is 1.86. The van der Waals surface area contributed by atoms with Crippen LogP contribution in [0, 0.1) is 0 Å². The Kier molecular flexibility index (Phi) is 4.56. The zero-order valence-corrected chi connectivity index (χ0v) is 14.4. The molecule has 7 heteroatoms. The van der Waals surface area contributed by atoms with Crippen LogP contribution < -0.4 is 0 Å². The van der Waals surface area contributed by atoms with Crippen LogP contribution in [0.3, 0.4) is 0 Å². The Labute approximate surface area is 141 Å². The van der Waals surface area contributed by atoms with Crippen molar-refractivity contribution in [2.75, 3.05) is 6.54 Å². The van der Waals surface area contributed by atoms with Crippen LogP contribution in [0.5, 0.6) is 0 Å². The molecule has 3 rings (SSSR count). The molecule has 5 nitrogen and oxygen atoms in total. The van der Waals surface area contributed by atoms with Crippen LogP contribution in [0.4, 0.5) is 4.79 Å². The SMILES string of the molecule is O=C(OCc1ccccc1)N1CC(S(=O)(=O)Cl)CC12CCCC2. The summed E-state index contributed by atoms with van der Waals surface area (Å²) in [5.41, 5.74) is 0.502. The predicted octanol–water partition coefficient (Wildman–Crippen LogP) is 3.28. The molecule has 1 aliphatic carbocycles. The lowest BCUT2D eigenvalue weighted by molar-refractivity contribution is 0.0664. The highest BCUT2D eigenvalue weighted by molar-refractivity contribution is 8.14. The lowest BCUT2D eigenvalue weighted by Crippen LogP contribution is -2.45. The van der Waals surface area contributed by atoms with Gasteiger partial charge < -0.3 is 9.64 Å². The highest BCUT2D eigenvalue weighted by atomic mass is 35.7. The van der Waals surface area contributed by atoms with Gasteiger partial charge in [-0.05, 0) is 24.8 Å². The second-order valence-electron chi connectivity index (χ2n) is 6.38. The van der Waals surface area contributed by atoms with Crippen LogP contribution in [0.1, 0.15) is 37.7 Å². The van der Waals surface area contributed by atoms with E-state index >= 15 is 0 Å². The molecule has 126 valence electrons. The highest BCUT2D eigenvalue weighted by Gasteiger charge is 2.53. The molecule has 23 heavy (non-hydrogen) atoms. The zero-order valence-electron chi connectivity index (χ0n) is 12.8. The maximum Gasteiger partial charge on any atom is 0.410 e. The first kappa shape index (κ1) is 16.6. The van der Waals surface area contributed by atoms with Crippen molar-refractivity contribution >= 4 is 25.8 Å². The molecular formula is C16H20ClNO4S. The molecule has 2 aliphatic rings. The van der Waals surface area contributed by atoms with E-state index in [1.807, 2.05) is 30.3 Å². The summed E-state index contributed by atoms with van der Waals surface area (Å²) in [5.74, 6) is 0. The minimum absolute atomic E-state index is 0.124. The van der Waals surface area contributed by atoms with E-state index in [1.165, 1.54) is 0 Å². The van der Waals surface area contributed by atoms with Gasteiger partial charge >= 0.3 is 6.09 Å². The van der Waals surface area contributed by atoms with E-state index in [-0.39, 0.29) is 13.2 Å². The number of carbonyl (C=O) groups is 1. The normalized spacial score (nSPS) is 23.3. The van der Waals surface area contributed by atoms with Gasteiger partial charge in [0.05, 0.1) is 5.25 Å². The van der Waals surface area contributed by atoms with Crippen molar-refractivity contribution < 1.29 is 17.9 Å². The first-order chi connectivity index (χ1) is 10.9. The van der Waals surface area contributed by atoms with Crippen LogP contribution in [-0.2, 0) is 20.4 Å². The fraction of sp³-hybridized carbons (Fsp3) is 0.562. The lowest BCUT2D eigenvalue weighted by Gasteiger charge is -2.33. The number of benzene rings is 1. The van der Waals surface area contributed by atoms with Crippen molar-refractivity contribution in [1.29, 1.82) is 0 Å². The average Bonchev–Trinajstić information content (AvgIpc) is 3.14. The Hall–Kier alpha value is -1.27. The number of nitrogens with zero attached hydrogens (tertiary/aromatic N) is 1. The molecule has 1 unspecified atom stereocenters. The van der Waals surface area contributed by atoms with E-state index in [0.717, 1.165) is 31.2 Å². The maximum atomic E-state index is 12.5. The van der Waals surface area contributed by atoms with E-state index in [0.29, 0.717) is 6.42 Å². The Morgan fingerprint density at radius 1 is 1.26 bits per heavy atom. The number of carbonyl (C=O) groups excluding carboxylic acids is 1. The molecular weight excluding hydrogens is 338 g/mol. The summed E-state index contributed by atoms with van der Waals surface area (Å²) in [4.78, 5) is 14.1. The summed E-state index contributed by atoms with van der Waals surface area (Å²) in [6.45, 7) is 0.310. The quantitative estimate of drug-likeness (QED) is 0.779. The minimum atomic E-state index is -3.68. The molecule has 1 aromatic carbocycles. The second-order valence-corrected chi connectivity index (χ2v) is 9.29. The molecule has 0 bridgehead atoms. The van der Waals surface area contributed by atoms with Crippen LogP contribution in [0.25, 0.3) is 0 Å². The average molecular weight is 358 g/mol. The van der Waals surface area contributed by atoms with Gasteiger partial charge in [-0.25, -0.2) is 13.2 Å². The van der Waals surface area contributed by atoms with E-state index in [4.69, 9.17) is 15.4 Å². The first-order valence-electron chi connectivity index (χ1n) is 7.83. The number of ether oxygens (including phenoxy) is 1. The second kappa shape index (κ2) is 6.32. The summed E-state index contributed by atoms with van der Waals surface area (Å²) in [5, 5.41) is -0.702. The molecule has 1 saturated carbocycles. The molecule has 1 atom stereocenters. The van der Waals surface area contributed by atoms with Gasteiger partial charge in [0.15, 0.2) is 0 Å². The monoisotopic (exact) mass is 357 g/mol. The van der Waals surface area contributed by atoms with Crippen LogP contribution >= 0.6 is 10.7 Å². The van der Waals surface area contributed by atoms with Crippen LogP contribution in [0.15, 0.2) is 30.3 Å². The highest BCUT2D eigenvalue weighted by Crippen LogP contribution is 2.45. The summed E-state index contributed by atoms with van der Waals surface area (Å²) in [6, 6.07) is 9.43. The number of amides is 1. The largest absolute Gasteiger partial charge is 0.445 e. The van der Waals surface area contributed by atoms with Gasteiger partial charge in [-0.2, -0.15) is 0 Å². The molecule has 1 heterocycles. The van der Waals surface area contributed by atoms with E-state index in [1.54, 1.807) is 4.90 Å². The van der Waals surface area contributed by atoms with Gasteiger partial charge in [0.2, 0.25) is 9.05 Å². The standard InChI is InChI=1S/C16H20ClNO4S/c17-23(20,21)14-10-16(8-4-5-9-16)18(11-14)15(19)22-12-13-6-2-1-3-7-13/h1-3,6-7,14H,4-5,8-12H2. The summed E-state index contributed by atoms with van der Waals surface area (Å²) in [6.07, 6.45) is 3.60. The molecule has 0 radical (unpaired) electrons. The van der Waals surface area contributed by atoms with Crippen molar-refractivity contribution in [3.05, 3.63) is 35.9 Å². The zero-order chi connectivity index (χ0) is 16.5. The van der Waals surface area contributed by atoms with Gasteiger partial charge in [-0.1, -0.05) is 43.2 Å². The third-order valence-electron chi connectivity index (χ3n) is 4.92. The van der Waals surface area contributed by atoms with Gasteiger partial charge in [0.25, 0.3) is 0 Å². The van der Waals surface area contributed by atoms with E-state index in [2.05, 4.69) is 0 Å². The number of halogens is 1. The van der Waals surface area contributed by atoms with Crippen molar-refractivity contribution in [3.63, 3.8) is 0 Å². The fourth-order valence-electron chi connectivity index (χ4n) is 3.76. The number of rotatable bonds is 3. The smallest absolute Gasteiger partial charge is 0.410 e. The van der Waals surface area contributed by atoms with Gasteiger partial charge in [0, 0.05) is 22.8 Å². The molecule has 2 fully saturated rings. The third kappa shape index (κ3) is 3.48. The van der Waals surface area contributed by atoms with Crippen LogP contribution in [0.2, 0.25) is 0 Å². The molecule has 1 saturated heterocycles. The Morgan fingerprint density at radius 3 is 2.52 bits per heavy atom. The molecule has 0 N–H and O–H groups in total. The lowest BCUT2D eigenvalue weighted by atomic mass is 9.94. The minimum Gasteiger partial charge on any atom is -0.445 e. The van der Waals surface area contributed by atoms with E-state index < -0.39 is 25.9 Å². The van der Waals surface area contributed by atoms with Gasteiger partial charge in [-0.15, -0.1) is 0 Å². The first-order valence-corrected chi connectivity index (χ1v) is 10.2. The summed E-state index contributed by atoms with van der Waals surface area (Å²) >= 11 is 0. The summed E-state index contributed by atoms with van der Waals surface area (Å²) < 4.78 is 28.8. The molecule has 1 spiro atoms. The van der Waals surface area contributed by atoms with E-state index in [9.17, 15) is 13.2 Å². The molecule has 1 aromatic rings. The van der Waals surface area contributed by atoms with Gasteiger partial charge in [-0.3, -0.25) is 0 Å². The van der Waals surface area contributed by atoms with Crippen molar-refractivity contribution in [3.8, 4) is 0 Å². The van der Waals surface area contributed by atoms with Crippen LogP contribution in [-0.4, -0.2) is 36.7 Å². The predicted molar refractivity (Wildman–Crippen MR) is 87.7 cm³/mol. The maximum absolute atomic E-state index is 12.5. The molecule has 0 aromatic heterocycles. The Morgan fingerprint density at radius 2 is 1.91 bits per heavy atom. The fourth-order valence-corrected chi connectivity index (χ4v) is 4.95. The van der Waals surface area contributed by atoms with Crippen molar-refractivity contribution in [2.45, 2.75) is 49.5 Å². The topological polar surface area (TPSA) is 63.7 Å². The number of hydrogen-bond donors (Lipinski definition) is 0. The molecule has 1 aliphatic heterocycles. The van der Waals surface area contributed by atoms with Crippen molar-refractivity contribution in [2.24, 2.45) is 0 Å². The molecule has 1 amide bonds. The Balaban J connectivity index is 1.72. The third-order valence-corrected chi connectivity index (χ3v) is 6.79. The Bertz CT molecular complexity index is 671. The number of hydrogen-bond acceptors (Lipinski definition) is 4. The number of likely N-dealkylation sites (tertiary alicyclic amines) is 1. The van der Waals surface area contributed by atoms with Gasteiger partial charge in [0.1, 0.15) is 6.61 Å². The van der Waals surface area contributed by atoms with Crippen molar-refractivity contribution in [1.82, 2.24) is 4.90 Å².